The highest BCUT2D eigenvalue weighted by Gasteiger charge is 2.53. The van der Waals surface area contributed by atoms with E-state index in [9.17, 15) is 19.5 Å². The van der Waals surface area contributed by atoms with Crippen molar-refractivity contribution in [2.75, 3.05) is 5.32 Å². The number of anilines is 1. The van der Waals surface area contributed by atoms with Gasteiger partial charge in [0.15, 0.2) is 0 Å². The molecule has 0 aromatic heterocycles. The maximum Gasteiger partial charge on any atom is 0.335 e. The van der Waals surface area contributed by atoms with Crippen LogP contribution in [0.2, 0.25) is 0 Å². The molecule has 0 unspecified atom stereocenters. The van der Waals surface area contributed by atoms with Gasteiger partial charge in [0.05, 0.1) is 17.4 Å². The molecule has 1 aromatic carbocycles. The van der Waals surface area contributed by atoms with Crippen LogP contribution in [0.3, 0.4) is 0 Å². The number of amides is 1. The molecule has 2 saturated carbocycles. The predicted octanol–water partition coefficient (Wildman–Crippen LogP) is 2.07. The van der Waals surface area contributed by atoms with E-state index in [4.69, 9.17) is 5.11 Å². The first kappa shape index (κ1) is 14.6. The quantitative estimate of drug-likeness (QED) is 0.790. The van der Waals surface area contributed by atoms with Gasteiger partial charge in [-0.25, -0.2) is 4.79 Å². The van der Waals surface area contributed by atoms with Gasteiger partial charge >= 0.3 is 11.9 Å². The average Bonchev–Trinajstić information content (AvgIpc) is 3.08. The minimum absolute atomic E-state index is 0.104. The number of aromatic carboxylic acids is 1. The van der Waals surface area contributed by atoms with Crippen molar-refractivity contribution < 1.29 is 24.6 Å². The highest BCUT2D eigenvalue weighted by molar-refractivity contribution is 5.96. The van der Waals surface area contributed by atoms with E-state index in [1.165, 1.54) is 24.3 Å². The summed E-state index contributed by atoms with van der Waals surface area (Å²) in [5, 5.41) is 20.9. The van der Waals surface area contributed by atoms with Gasteiger partial charge in [-0.2, -0.15) is 0 Å². The number of hydrogen-bond acceptors (Lipinski definition) is 3. The van der Waals surface area contributed by atoms with Crippen molar-refractivity contribution in [3.05, 3.63) is 29.8 Å². The molecule has 1 aromatic rings. The van der Waals surface area contributed by atoms with E-state index in [0.29, 0.717) is 5.69 Å². The number of carbonyl (C=O) groups is 3. The molecule has 6 nitrogen and oxygen atoms in total. The van der Waals surface area contributed by atoms with Gasteiger partial charge in [0.2, 0.25) is 5.91 Å². The molecule has 0 saturated heterocycles. The van der Waals surface area contributed by atoms with Crippen molar-refractivity contribution in [2.24, 2.45) is 23.7 Å². The van der Waals surface area contributed by atoms with Crippen LogP contribution >= 0.6 is 0 Å². The smallest absolute Gasteiger partial charge is 0.335 e. The van der Waals surface area contributed by atoms with Crippen molar-refractivity contribution in [2.45, 2.75) is 19.3 Å². The van der Waals surface area contributed by atoms with Gasteiger partial charge in [-0.1, -0.05) is 0 Å². The molecule has 4 atom stereocenters. The molecule has 0 spiro atoms. The van der Waals surface area contributed by atoms with E-state index in [-0.39, 0.29) is 23.3 Å². The molecular weight excluding hydrogens is 286 g/mol. The second-order valence-electron chi connectivity index (χ2n) is 6.09. The highest BCUT2D eigenvalue weighted by atomic mass is 16.4. The van der Waals surface area contributed by atoms with E-state index in [1.54, 1.807) is 0 Å². The van der Waals surface area contributed by atoms with Gasteiger partial charge < -0.3 is 15.5 Å². The fourth-order valence-electron chi connectivity index (χ4n) is 3.95. The summed E-state index contributed by atoms with van der Waals surface area (Å²) >= 11 is 0. The number of fused-ring (bicyclic) bond motifs is 2. The second-order valence-corrected chi connectivity index (χ2v) is 6.09. The first-order valence-electron chi connectivity index (χ1n) is 7.34. The molecule has 6 heteroatoms. The second kappa shape index (κ2) is 5.44. The number of carbonyl (C=O) groups excluding carboxylic acids is 1. The maximum absolute atomic E-state index is 12.4. The summed E-state index contributed by atoms with van der Waals surface area (Å²) in [5.74, 6) is -3.04. The first-order chi connectivity index (χ1) is 10.5. The van der Waals surface area contributed by atoms with Crippen LogP contribution in [0.1, 0.15) is 29.6 Å². The Morgan fingerprint density at radius 1 is 0.955 bits per heavy atom. The van der Waals surface area contributed by atoms with Crippen LogP contribution in [0.15, 0.2) is 24.3 Å². The topological polar surface area (TPSA) is 104 Å². The Morgan fingerprint density at radius 2 is 1.55 bits per heavy atom. The Labute approximate surface area is 127 Å². The van der Waals surface area contributed by atoms with E-state index in [0.717, 1.165) is 19.3 Å². The number of rotatable bonds is 4. The van der Waals surface area contributed by atoms with Gasteiger partial charge in [-0.15, -0.1) is 0 Å². The van der Waals surface area contributed by atoms with E-state index in [1.807, 2.05) is 0 Å². The molecule has 0 heterocycles. The minimum atomic E-state index is -1.03. The van der Waals surface area contributed by atoms with Crippen molar-refractivity contribution in [3.8, 4) is 0 Å². The Morgan fingerprint density at radius 3 is 2.09 bits per heavy atom. The van der Waals surface area contributed by atoms with Gasteiger partial charge in [0, 0.05) is 5.69 Å². The molecule has 0 radical (unpaired) electrons. The van der Waals surface area contributed by atoms with Crippen LogP contribution in [0.4, 0.5) is 5.69 Å². The Balaban J connectivity index is 1.73. The van der Waals surface area contributed by atoms with Gasteiger partial charge in [0.1, 0.15) is 0 Å². The monoisotopic (exact) mass is 303 g/mol. The Hall–Kier alpha value is -2.37. The molecule has 3 rings (SSSR count). The van der Waals surface area contributed by atoms with Crippen LogP contribution < -0.4 is 5.32 Å². The molecule has 22 heavy (non-hydrogen) atoms. The number of benzene rings is 1. The normalized spacial score (nSPS) is 29.3. The standard InChI is InChI=1S/C16H17NO5/c18-14(17-11-5-3-8(4-6-11)15(19)20)12-9-1-2-10(7-9)13(12)16(21)22/h3-6,9-10,12-13H,1-2,7H2,(H,17,18)(H,19,20)(H,21,22)/t9-,10-,12-,13+/m0/s1. The molecule has 1 amide bonds. The van der Waals surface area contributed by atoms with Crippen molar-refractivity contribution in [1.82, 2.24) is 0 Å². The molecule has 3 N–H and O–H groups in total. The number of nitrogens with one attached hydrogen (secondary N) is 1. The first-order valence-corrected chi connectivity index (χ1v) is 7.34. The lowest BCUT2D eigenvalue weighted by molar-refractivity contribution is -0.148. The third-order valence-corrected chi connectivity index (χ3v) is 4.90. The molecular formula is C16H17NO5. The zero-order valence-electron chi connectivity index (χ0n) is 11.9. The van der Waals surface area contributed by atoms with E-state index < -0.39 is 23.8 Å². The molecule has 2 aliphatic carbocycles. The summed E-state index contributed by atoms with van der Waals surface area (Å²) in [4.78, 5) is 34.7. The summed E-state index contributed by atoms with van der Waals surface area (Å²) in [5.41, 5.74) is 0.628. The zero-order chi connectivity index (χ0) is 15.9. The lowest BCUT2D eigenvalue weighted by atomic mass is 9.78. The van der Waals surface area contributed by atoms with E-state index >= 15 is 0 Å². The van der Waals surface area contributed by atoms with Crippen LogP contribution in [-0.2, 0) is 9.59 Å². The summed E-state index contributed by atoms with van der Waals surface area (Å²) < 4.78 is 0. The van der Waals surface area contributed by atoms with Crippen molar-refractivity contribution in [1.29, 1.82) is 0 Å². The lowest BCUT2D eigenvalue weighted by Gasteiger charge is -2.27. The van der Waals surface area contributed by atoms with Crippen molar-refractivity contribution >= 4 is 23.5 Å². The average molecular weight is 303 g/mol. The van der Waals surface area contributed by atoms with Crippen LogP contribution in [0.5, 0.6) is 0 Å². The fraction of sp³-hybridized carbons (Fsp3) is 0.438. The summed E-state index contributed by atoms with van der Waals surface area (Å²) in [7, 11) is 0. The summed E-state index contributed by atoms with van der Waals surface area (Å²) in [6.45, 7) is 0. The lowest BCUT2D eigenvalue weighted by Crippen LogP contribution is -2.37. The van der Waals surface area contributed by atoms with E-state index in [2.05, 4.69) is 5.32 Å². The van der Waals surface area contributed by atoms with Crippen LogP contribution in [-0.4, -0.2) is 28.1 Å². The summed E-state index contributed by atoms with van der Waals surface area (Å²) in [6.07, 6.45) is 2.61. The minimum Gasteiger partial charge on any atom is -0.481 e. The Bertz CT molecular complexity index is 624. The van der Waals surface area contributed by atoms with Crippen LogP contribution in [0, 0.1) is 23.7 Å². The van der Waals surface area contributed by atoms with Gasteiger partial charge in [-0.05, 0) is 55.4 Å². The van der Waals surface area contributed by atoms with Gasteiger partial charge in [0.25, 0.3) is 0 Å². The third-order valence-electron chi connectivity index (χ3n) is 4.90. The summed E-state index contributed by atoms with van der Waals surface area (Å²) in [6, 6.07) is 5.86. The SMILES string of the molecule is O=C(O)c1ccc(NC(=O)[C@H]2[C@H]3CC[C@@H](C3)[C@H]2C(=O)O)cc1. The molecule has 2 aliphatic rings. The molecule has 0 aliphatic heterocycles. The number of aliphatic carboxylic acids is 1. The van der Waals surface area contributed by atoms with Crippen LogP contribution in [0.25, 0.3) is 0 Å². The fourth-order valence-corrected chi connectivity index (χ4v) is 3.95. The third kappa shape index (κ3) is 2.45. The predicted molar refractivity (Wildman–Crippen MR) is 77.5 cm³/mol. The molecule has 116 valence electrons. The van der Waals surface area contributed by atoms with Gasteiger partial charge in [-0.3, -0.25) is 9.59 Å². The highest BCUT2D eigenvalue weighted by Crippen LogP contribution is 2.52. The number of carboxylic acid groups (broad SMARTS) is 2. The Kier molecular flexibility index (Phi) is 3.60. The van der Waals surface area contributed by atoms with Crippen molar-refractivity contribution in [3.63, 3.8) is 0 Å². The largest absolute Gasteiger partial charge is 0.481 e. The zero-order valence-corrected chi connectivity index (χ0v) is 11.9. The maximum atomic E-state index is 12.4. The molecule has 2 fully saturated rings. The molecule has 2 bridgehead atoms. The number of carboxylic acids is 2. The number of hydrogen-bond donors (Lipinski definition) is 3.